The van der Waals surface area contributed by atoms with Crippen molar-refractivity contribution in [1.82, 2.24) is 0 Å². The molecule has 4 heteroatoms. The Hall–Kier alpha value is -0.640. The van der Waals surface area contributed by atoms with Crippen LogP contribution in [0, 0.1) is 5.82 Å². The van der Waals surface area contributed by atoms with Crippen molar-refractivity contribution in [2.24, 2.45) is 0 Å². The molecule has 0 atom stereocenters. The summed E-state index contributed by atoms with van der Waals surface area (Å²) in [5.41, 5.74) is -0.139. The molecule has 11 heavy (non-hydrogen) atoms. The molecule has 1 aromatic carbocycles. The third-order valence-corrected chi connectivity index (χ3v) is 1.06. The van der Waals surface area contributed by atoms with Gasteiger partial charge in [-0.15, -0.1) is 0 Å². The SMILES string of the molecule is O=C([O-])c1cccc(F)c1.[Ag+]. The molecule has 0 aromatic heterocycles. The van der Waals surface area contributed by atoms with Crippen LogP contribution >= 0.6 is 0 Å². The van der Waals surface area contributed by atoms with Crippen LogP contribution in [0.3, 0.4) is 0 Å². The molecular weight excluding hydrogens is 243 g/mol. The zero-order valence-electron chi connectivity index (χ0n) is 5.31. The van der Waals surface area contributed by atoms with E-state index in [1.165, 1.54) is 18.2 Å². The first-order chi connectivity index (χ1) is 4.70. The van der Waals surface area contributed by atoms with Crippen LogP contribution in [-0.2, 0) is 22.4 Å². The van der Waals surface area contributed by atoms with Gasteiger partial charge in [-0.25, -0.2) is 4.39 Å². The summed E-state index contributed by atoms with van der Waals surface area (Å²) in [5, 5.41) is 10.1. The molecule has 0 aliphatic rings. The van der Waals surface area contributed by atoms with E-state index < -0.39 is 11.8 Å². The fraction of sp³-hybridized carbons (Fsp3) is 0. The van der Waals surface area contributed by atoms with Crippen LogP contribution in [0.1, 0.15) is 10.4 Å². The van der Waals surface area contributed by atoms with Crippen molar-refractivity contribution < 1.29 is 36.7 Å². The van der Waals surface area contributed by atoms with Gasteiger partial charge in [0.15, 0.2) is 0 Å². The molecule has 0 amide bonds. The fourth-order valence-electron chi connectivity index (χ4n) is 0.615. The topological polar surface area (TPSA) is 40.1 Å². The molecular formula is C7H4AgFO2. The molecule has 0 radical (unpaired) electrons. The average molecular weight is 247 g/mol. The van der Waals surface area contributed by atoms with Crippen molar-refractivity contribution in [1.29, 1.82) is 0 Å². The van der Waals surface area contributed by atoms with Gasteiger partial charge in [0, 0.05) is 5.56 Å². The van der Waals surface area contributed by atoms with Crippen molar-refractivity contribution >= 4 is 5.97 Å². The van der Waals surface area contributed by atoms with E-state index in [0.717, 1.165) is 6.07 Å². The standard InChI is InChI=1S/C7H5FO2.Ag/c8-6-3-1-2-5(4-6)7(9)10;/h1-4H,(H,9,10);/q;+1/p-1. The van der Waals surface area contributed by atoms with E-state index in [4.69, 9.17) is 0 Å². The largest absolute Gasteiger partial charge is 1.00 e. The third-order valence-electron chi connectivity index (χ3n) is 1.06. The van der Waals surface area contributed by atoms with E-state index in [9.17, 15) is 14.3 Å². The molecule has 0 saturated carbocycles. The maximum absolute atomic E-state index is 12.2. The maximum Gasteiger partial charge on any atom is 1.00 e. The van der Waals surface area contributed by atoms with Gasteiger partial charge >= 0.3 is 22.4 Å². The van der Waals surface area contributed by atoms with Gasteiger partial charge < -0.3 is 9.90 Å². The van der Waals surface area contributed by atoms with Crippen LogP contribution in [0.25, 0.3) is 0 Å². The number of carbonyl (C=O) groups is 1. The molecule has 0 aliphatic heterocycles. The van der Waals surface area contributed by atoms with Crippen molar-refractivity contribution in [3.63, 3.8) is 0 Å². The fourth-order valence-corrected chi connectivity index (χ4v) is 0.615. The Morgan fingerprint density at radius 1 is 1.45 bits per heavy atom. The van der Waals surface area contributed by atoms with Gasteiger partial charge in [-0.1, -0.05) is 12.1 Å². The summed E-state index contributed by atoms with van der Waals surface area (Å²) in [6.07, 6.45) is 0. The van der Waals surface area contributed by atoms with Crippen LogP contribution < -0.4 is 5.11 Å². The molecule has 0 saturated heterocycles. The minimum absolute atomic E-state index is 0. The first-order valence-corrected chi connectivity index (χ1v) is 2.67. The minimum Gasteiger partial charge on any atom is -0.545 e. The monoisotopic (exact) mass is 246 g/mol. The number of benzene rings is 1. The van der Waals surface area contributed by atoms with Gasteiger partial charge in [0.1, 0.15) is 5.82 Å². The number of carbonyl (C=O) groups excluding carboxylic acids is 1. The summed E-state index contributed by atoms with van der Waals surface area (Å²) in [4.78, 5) is 10.1. The molecule has 0 fully saturated rings. The molecule has 0 unspecified atom stereocenters. The van der Waals surface area contributed by atoms with Gasteiger partial charge in [-0.2, -0.15) is 0 Å². The summed E-state index contributed by atoms with van der Waals surface area (Å²) in [6, 6.07) is 4.68. The first kappa shape index (κ1) is 10.4. The predicted molar refractivity (Wildman–Crippen MR) is 30.7 cm³/mol. The van der Waals surface area contributed by atoms with Gasteiger partial charge in [-0.3, -0.25) is 0 Å². The van der Waals surface area contributed by atoms with Crippen LogP contribution in [0.15, 0.2) is 24.3 Å². The Morgan fingerprint density at radius 3 is 2.45 bits per heavy atom. The van der Waals surface area contributed by atoms with Crippen LogP contribution in [0.2, 0.25) is 0 Å². The summed E-state index contributed by atoms with van der Waals surface area (Å²) >= 11 is 0. The Labute approximate surface area is 78.6 Å². The Kier molecular flexibility index (Phi) is 4.03. The van der Waals surface area contributed by atoms with Crippen molar-refractivity contribution in [3.05, 3.63) is 35.6 Å². The second kappa shape index (κ2) is 4.28. The van der Waals surface area contributed by atoms with Crippen LogP contribution in [0.4, 0.5) is 4.39 Å². The third kappa shape index (κ3) is 2.84. The van der Waals surface area contributed by atoms with Gasteiger partial charge in [0.2, 0.25) is 0 Å². The van der Waals surface area contributed by atoms with Crippen molar-refractivity contribution in [2.75, 3.05) is 0 Å². The minimum atomic E-state index is -1.36. The smallest absolute Gasteiger partial charge is 0.545 e. The van der Waals surface area contributed by atoms with E-state index >= 15 is 0 Å². The van der Waals surface area contributed by atoms with E-state index in [1.807, 2.05) is 0 Å². The summed E-state index contributed by atoms with van der Waals surface area (Å²) in [7, 11) is 0. The van der Waals surface area contributed by atoms with E-state index in [-0.39, 0.29) is 27.9 Å². The van der Waals surface area contributed by atoms with Gasteiger partial charge in [0.05, 0.1) is 5.97 Å². The second-order valence-corrected chi connectivity index (χ2v) is 1.80. The molecule has 0 spiro atoms. The van der Waals surface area contributed by atoms with Gasteiger partial charge in [0.25, 0.3) is 0 Å². The number of hydrogen-bond donors (Lipinski definition) is 0. The van der Waals surface area contributed by atoms with E-state index in [1.54, 1.807) is 0 Å². The molecule has 0 aliphatic carbocycles. The Bertz CT molecular complexity index is 262. The van der Waals surface area contributed by atoms with Crippen molar-refractivity contribution in [2.45, 2.75) is 0 Å². The number of aromatic carboxylic acids is 1. The molecule has 2 nitrogen and oxygen atoms in total. The first-order valence-electron chi connectivity index (χ1n) is 2.67. The van der Waals surface area contributed by atoms with E-state index in [0.29, 0.717) is 0 Å². The second-order valence-electron chi connectivity index (χ2n) is 1.80. The molecule has 0 heterocycles. The normalized spacial score (nSPS) is 8.45. The molecule has 0 N–H and O–H groups in total. The summed E-state index contributed by atoms with van der Waals surface area (Å²) in [6.45, 7) is 0. The quantitative estimate of drug-likeness (QED) is 0.664. The molecule has 1 aromatic rings. The van der Waals surface area contributed by atoms with E-state index in [2.05, 4.69) is 0 Å². The number of rotatable bonds is 1. The molecule has 0 bridgehead atoms. The van der Waals surface area contributed by atoms with Gasteiger partial charge in [-0.05, 0) is 12.1 Å². The van der Waals surface area contributed by atoms with Crippen LogP contribution in [0.5, 0.6) is 0 Å². The summed E-state index contributed by atoms with van der Waals surface area (Å²) in [5.74, 6) is -1.93. The zero-order chi connectivity index (χ0) is 7.56. The average Bonchev–Trinajstić information content (AvgIpc) is 1.88. The molecule has 1 rings (SSSR count). The van der Waals surface area contributed by atoms with Crippen LogP contribution in [-0.4, -0.2) is 5.97 Å². The molecule has 62 valence electrons. The number of carboxylic acid groups (broad SMARTS) is 1. The predicted octanol–water partition coefficient (Wildman–Crippen LogP) is 0.187. The number of halogens is 1. The number of hydrogen-bond acceptors (Lipinski definition) is 2. The Balaban J connectivity index is 0.000001000. The van der Waals surface area contributed by atoms with Crippen molar-refractivity contribution in [3.8, 4) is 0 Å². The Morgan fingerprint density at radius 2 is 2.09 bits per heavy atom. The number of carboxylic acids is 1. The summed E-state index contributed by atoms with van der Waals surface area (Å²) < 4.78 is 12.2. The maximum atomic E-state index is 12.2. The zero-order valence-corrected chi connectivity index (χ0v) is 6.79.